The zero-order valence-electron chi connectivity index (χ0n) is 6.98. The summed E-state index contributed by atoms with van der Waals surface area (Å²) >= 11 is 5.57. The summed E-state index contributed by atoms with van der Waals surface area (Å²) in [6, 6.07) is 4.96. The van der Waals surface area contributed by atoms with E-state index in [2.05, 4.69) is 0 Å². The normalized spacial score (nSPS) is 11.8. The highest BCUT2D eigenvalue weighted by molar-refractivity contribution is 6.32. The zero-order chi connectivity index (χ0) is 10.7. The van der Waals surface area contributed by atoms with E-state index in [1.165, 1.54) is 18.2 Å². The third-order valence-electron chi connectivity index (χ3n) is 1.67. The maximum atomic E-state index is 10.5. The van der Waals surface area contributed by atoms with Crippen LogP contribution in [-0.2, 0) is 0 Å². The maximum absolute atomic E-state index is 10.5. The van der Waals surface area contributed by atoms with Crippen LogP contribution in [0.15, 0.2) is 18.2 Å². The topological polar surface area (TPSA) is 93.0 Å². The van der Waals surface area contributed by atoms with E-state index in [4.69, 9.17) is 22.6 Å². The maximum Gasteiger partial charge on any atom is 0.288 e. The molecule has 0 spiro atoms. The summed E-state index contributed by atoms with van der Waals surface area (Å²) in [6.07, 6.45) is 0. The van der Waals surface area contributed by atoms with Crippen molar-refractivity contribution in [2.75, 3.05) is 0 Å². The molecule has 0 aliphatic heterocycles. The van der Waals surface area contributed by atoms with Gasteiger partial charge in [-0.05, 0) is 11.6 Å². The number of hydrogen-bond acceptors (Lipinski definition) is 4. The van der Waals surface area contributed by atoms with Crippen molar-refractivity contribution in [3.8, 4) is 6.07 Å². The molecule has 1 unspecified atom stereocenters. The number of nitro benzene ring substituents is 1. The minimum absolute atomic E-state index is 0.0314. The van der Waals surface area contributed by atoms with Crippen molar-refractivity contribution >= 4 is 17.3 Å². The second-order valence-corrected chi connectivity index (χ2v) is 2.98. The second-order valence-electron chi connectivity index (χ2n) is 2.57. The molecule has 2 N–H and O–H groups in total. The second kappa shape index (κ2) is 4.05. The van der Waals surface area contributed by atoms with Crippen LogP contribution in [0.25, 0.3) is 0 Å². The van der Waals surface area contributed by atoms with E-state index in [1.807, 2.05) is 0 Å². The standard InChI is InChI=1S/C8H6ClN3O2/c9-6-2-1-5(7(11)4-10)3-8(6)12(13)14/h1-3,7H,11H2. The van der Waals surface area contributed by atoms with Crippen LogP contribution < -0.4 is 5.73 Å². The van der Waals surface area contributed by atoms with E-state index < -0.39 is 11.0 Å². The predicted molar refractivity (Wildman–Crippen MR) is 50.6 cm³/mol. The number of nitro groups is 1. The van der Waals surface area contributed by atoms with Crippen LogP contribution >= 0.6 is 11.6 Å². The zero-order valence-corrected chi connectivity index (χ0v) is 7.73. The minimum Gasteiger partial charge on any atom is -0.312 e. The highest BCUT2D eigenvalue weighted by Crippen LogP contribution is 2.26. The van der Waals surface area contributed by atoms with Gasteiger partial charge in [0.1, 0.15) is 11.1 Å². The summed E-state index contributed by atoms with van der Waals surface area (Å²) in [5.74, 6) is 0. The fraction of sp³-hybridized carbons (Fsp3) is 0.125. The van der Waals surface area contributed by atoms with Gasteiger partial charge < -0.3 is 5.73 Å². The van der Waals surface area contributed by atoms with Gasteiger partial charge in [-0.15, -0.1) is 0 Å². The number of nitrogens with zero attached hydrogens (tertiary/aromatic N) is 2. The van der Waals surface area contributed by atoms with Gasteiger partial charge in [0.05, 0.1) is 11.0 Å². The largest absolute Gasteiger partial charge is 0.312 e. The first-order valence-electron chi connectivity index (χ1n) is 3.65. The summed E-state index contributed by atoms with van der Waals surface area (Å²) in [5, 5.41) is 19.0. The third-order valence-corrected chi connectivity index (χ3v) is 1.98. The lowest BCUT2D eigenvalue weighted by atomic mass is 10.1. The molecule has 0 saturated heterocycles. The van der Waals surface area contributed by atoms with E-state index in [9.17, 15) is 10.1 Å². The van der Waals surface area contributed by atoms with E-state index in [-0.39, 0.29) is 10.7 Å². The molecule has 0 heterocycles. The lowest BCUT2D eigenvalue weighted by Crippen LogP contribution is -2.07. The number of nitriles is 1. The smallest absolute Gasteiger partial charge is 0.288 e. The lowest BCUT2D eigenvalue weighted by molar-refractivity contribution is -0.384. The Kier molecular flexibility index (Phi) is 3.02. The van der Waals surface area contributed by atoms with Crippen molar-refractivity contribution in [2.24, 2.45) is 5.73 Å². The predicted octanol–water partition coefficient (Wildman–Crippen LogP) is 1.77. The van der Waals surface area contributed by atoms with Gasteiger partial charge in [-0.3, -0.25) is 10.1 Å². The molecular weight excluding hydrogens is 206 g/mol. The summed E-state index contributed by atoms with van der Waals surface area (Å²) < 4.78 is 0. The van der Waals surface area contributed by atoms with Crippen molar-refractivity contribution in [2.45, 2.75) is 6.04 Å². The lowest BCUT2D eigenvalue weighted by Gasteiger charge is -2.02. The molecule has 14 heavy (non-hydrogen) atoms. The van der Waals surface area contributed by atoms with Gasteiger partial charge in [0.25, 0.3) is 5.69 Å². The molecule has 0 aromatic heterocycles. The molecule has 1 rings (SSSR count). The van der Waals surface area contributed by atoms with Crippen LogP contribution in [0, 0.1) is 21.4 Å². The molecule has 0 aliphatic rings. The van der Waals surface area contributed by atoms with Crippen molar-refractivity contribution in [1.82, 2.24) is 0 Å². The summed E-state index contributed by atoms with van der Waals surface area (Å²) in [4.78, 5) is 9.87. The Morgan fingerprint density at radius 3 is 2.79 bits per heavy atom. The molecule has 5 nitrogen and oxygen atoms in total. The quantitative estimate of drug-likeness (QED) is 0.596. The Morgan fingerprint density at radius 1 is 1.64 bits per heavy atom. The van der Waals surface area contributed by atoms with Crippen LogP contribution in [0.4, 0.5) is 5.69 Å². The van der Waals surface area contributed by atoms with Crippen LogP contribution in [0.5, 0.6) is 0 Å². The molecule has 1 aromatic rings. The number of benzene rings is 1. The third kappa shape index (κ3) is 1.99. The van der Waals surface area contributed by atoms with E-state index in [0.29, 0.717) is 5.56 Å². The van der Waals surface area contributed by atoms with Crippen LogP contribution in [-0.4, -0.2) is 4.92 Å². The van der Waals surface area contributed by atoms with Gasteiger partial charge in [0, 0.05) is 6.07 Å². The fourth-order valence-electron chi connectivity index (χ4n) is 0.938. The summed E-state index contributed by atoms with van der Waals surface area (Å²) in [5.41, 5.74) is 5.52. The molecule has 0 fully saturated rings. The molecule has 72 valence electrons. The SMILES string of the molecule is N#CC(N)c1ccc(Cl)c([N+](=O)[O-])c1. The molecule has 0 bridgehead atoms. The molecule has 1 aromatic carbocycles. The van der Waals surface area contributed by atoms with Crippen LogP contribution in [0.2, 0.25) is 5.02 Å². The molecule has 0 aliphatic carbocycles. The Labute approximate surface area is 84.8 Å². The van der Waals surface area contributed by atoms with Gasteiger partial charge in [-0.25, -0.2) is 0 Å². The van der Waals surface area contributed by atoms with Gasteiger partial charge in [-0.1, -0.05) is 17.7 Å². The number of halogens is 1. The Morgan fingerprint density at radius 2 is 2.29 bits per heavy atom. The first kappa shape index (κ1) is 10.4. The van der Waals surface area contributed by atoms with E-state index >= 15 is 0 Å². The van der Waals surface area contributed by atoms with Crippen LogP contribution in [0.1, 0.15) is 11.6 Å². The fourth-order valence-corrected chi connectivity index (χ4v) is 1.12. The van der Waals surface area contributed by atoms with Crippen molar-refractivity contribution < 1.29 is 4.92 Å². The average Bonchev–Trinajstić information content (AvgIpc) is 2.17. The van der Waals surface area contributed by atoms with E-state index in [1.54, 1.807) is 6.07 Å². The molecular formula is C8H6ClN3O2. The Hall–Kier alpha value is -1.64. The molecule has 0 saturated carbocycles. The number of rotatable bonds is 2. The average molecular weight is 212 g/mol. The highest BCUT2D eigenvalue weighted by atomic mass is 35.5. The number of nitrogens with two attached hydrogens (primary N) is 1. The molecule has 0 radical (unpaired) electrons. The Bertz CT molecular complexity index is 414. The van der Waals surface area contributed by atoms with Gasteiger partial charge >= 0.3 is 0 Å². The summed E-state index contributed by atoms with van der Waals surface area (Å²) in [6.45, 7) is 0. The Balaban J connectivity index is 3.21. The van der Waals surface area contributed by atoms with Crippen molar-refractivity contribution in [1.29, 1.82) is 5.26 Å². The van der Waals surface area contributed by atoms with Gasteiger partial charge in [0.15, 0.2) is 0 Å². The number of hydrogen-bond donors (Lipinski definition) is 1. The monoisotopic (exact) mass is 211 g/mol. The first-order valence-corrected chi connectivity index (χ1v) is 4.03. The van der Waals surface area contributed by atoms with Gasteiger partial charge in [0.2, 0.25) is 0 Å². The molecule has 1 atom stereocenters. The van der Waals surface area contributed by atoms with Gasteiger partial charge in [-0.2, -0.15) is 5.26 Å². The first-order chi connectivity index (χ1) is 6.56. The highest BCUT2D eigenvalue weighted by Gasteiger charge is 2.15. The van der Waals surface area contributed by atoms with Crippen molar-refractivity contribution in [3.63, 3.8) is 0 Å². The minimum atomic E-state index is -0.869. The van der Waals surface area contributed by atoms with Crippen molar-refractivity contribution in [3.05, 3.63) is 38.9 Å². The van der Waals surface area contributed by atoms with E-state index in [0.717, 1.165) is 0 Å². The molecule has 0 amide bonds. The van der Waals surface area contributed by atoms with Crippen LogP contribution in [0.3, 0.4) is 0 Å². The molecule has 6 heteroatoms. The summed E-state index contributed by atoms with van der Waals surface area (Å²) in [7, 11) is 0.